The van der Waals surface area contributed by atoms with E-state index in [4.69, 9.17) is 9.88 Å². The Hall–Kier alpha value is -1.93. The van der Waals surface area contributed by atoms with Gasteiger partial charge in [-0.3, -0.25) is 4.79 Å². The molecule has 1 aliphatic heterocycles. The summed E-state index contributed by atoms with van der Waals surface area (Å²) in [4.78, 5) is 25.6. The zero-order valence-electron chi connectivity index (χ0n) is 12.4. The number of benzene rings is 1. The number of nitrogens with zero attached hydrogens (tertiary/aromatic N) is 1. The maximum absolute atomic E-state index is 12.2. The van der Waals surface area contributed by atoms with E-state index in [-0.39, 0.29) is 30.5 Å². The van der Waals surface area contributed by atoms with Crippen LogP contribution < -0.4 is 10.0 Å². The zero-order chi connectivity index (χ0) is 16.5. The first-order valence-corrected chi connectivity index (χ1v) is 8.43. The molecule has 1 fully saturated rings. The number of hydrogen-bond donors (Lipinski definition) is 1. The molecule has 1 heterocycles. The van der Waals surface area contributed by atoms with E-state index in [0.717, 1.165) is 0 Å². The van der Waals surface area contributed by atoms with Gasteiger partial charge in [0.05, 0.1) is 24.1 Å². The number of hydrogen-bond acceptors (Lipinski definition) is 5. The number of anilines is 1. The van der Waals surface area contributed by atoms with Crippen molar-refractivity contribution >= 4 is 27.6 Å². The average Bonchev–Trinajstić information content (AvgIpc) is 2.76. The lowest BCUT2D eigenvalue weighted by Crippen LogP contribution is -2.29. The second-order valence-corrected chi connectivity index (χ2v) is 7.02. The van der Waals surface area contributed by atoms with E-state index in [1.54, 1.807) is 25.1 Å². The van der Waals surface area contributed by atoms with Crippen molar-refractivity contribution in [3.63, 3.8) is 0 Å². The molecule has 0 saturated carbocycles. The van der Waals surface area contributed by atoms with Crippen molar-refractivity contribution in [1.29, 1.82) is 0 Å². The van der Waals surface area contributed by atoms with Crippen molar-refractivity contribution in [1.82, 2.24) is 0 Å². The topological polar surface area (TPSA) is 107 Å². The second kappa shape index (κ2) is 6.05. The Morgan fingerprint density at radius 3 is 2.73 bits per heavy atom. The summed E-state index contributed by atoms with van der Waals surface area (Å²) >= 11 is 0. The van der Waals surface area contributed by atoms with E-state index in [0.29, 0.717) is 16.8 Å². The van der Waals surface area contributed by atoms with Crippen LogP contribution in [0.1, 0.15) is 22.3 Å². The lowest BCUT2D eigenvalue weighted by molar-refractivity contribution is -0.117. The van der Waals surface area contributed by atoms with Gasteiger partial charge < -0.3 is 9.64 Å². The predicted octanol–water partition coefficient (Wildman–Crippen LogP) is 0.423. The summed E-state index contributed by atoms with van der Waals surface area (Å²) in [5, 5.41) is 5.04. The Balaban J connectivity index is 2.35. The normalized spacial score (nSPS) is 18.6. The average molecular weight is 326 g/mol. The molecule has 7 nitrogen and oxygen atoms in total. The number of aryl methyl sites for hydroxylation is 1. The maximum atomic E-state index is 12.2. The molecule has 1 saturated heterocycles. The van der Waals surface area contributed by atoms with Gasteiger partial charge in [0.1, 0.15) is 0 Å². The lowest BCUT2D eigenvalue weighted by atomic mass is 10.1. The van der Waals surface area contributed by atoms with Crippen LogP contribution in [0.15, 0.2) is 18.2 Å². The van der Waals surface area contributed by atoms with Crippen LogP contribution in [-0.4, -0.2) is 39.7 Å². The summed E-state index contributed by atoms with van der Waals surface area (Å²) < 4.78 is 27.1. The van der Waals surface area contributed by atoms with Crippen molar-refractivity contribution in [2.75, 3.05) is 24.3 Å². The van der Waals surface area contributed by atoms with Gasteiger partial charge in [0.25, 0.3) is 0 Å². The molecule has 1 aromatic carbocycles. The fourth-order valence-corrected chi connectivity index (χ4v) is 3.58. The second-order valence-electron chi connectivity index (χ2n) is 5.36. The standard InChI is InChI=1S/C14H18N2O5S/c1-9-4-3-5-11(13(9)14(18)21-2)16-7-10(6-12(16)17)8-22(15,19)20/h3-5,10H,6-8H2,1-2H3,(H2,15,19,20). The molecule has 2 N–H and O–H groups in total. The summed E-state index contributed by atoms with van der Waals surface area (Å²) in [5.41, 5.74) is 1.44. The van der Waals surface area contributed by atoms with Gasteiger partial charge in [-0.2, -0.15) is 0 Å². The maximum Gasteiger partial charge on any atom is 0.340 e. The molecule has 0 radical (unpaired) electrons. The third-order valence-corrected chi connectivity index (χ3v) is 4.54. The van der Waals surface area contributed by atoms with Crippen LogP contribution in [0.2, 0.25) is 0 Å². The third kappa shape index (κ3) is 3.45. The Labute approximate surface area is 129 Å². The van der Waals surface area contributed by atoms with Crippen LogP contribution in [-0.2, 0) is 19.6 Å². The van der Waals surface area contributed by atoms with E-state index < -0.39 is 16.0 Å². The molecule has 22 heavy (non-hydrogen) atoms. The highest BCUT2D eigenvalue weighted by atomic mass is 32.2. The molecule has 1 unspecified atom stereocenters. The number of carbonyl (C=O) groups is 2. The number of rotatable bonds is 4. The molecular weight excluding hydrogens is 308 g/mol. The summed E-state index contributed by atoms with van der Waals surface area (Å²) in [6.07, 6.45) is 0.0883. The van der Waals surface area contributed by atoms with Gasteiger partial charge in [0.15, 0.2) is 0 Å². The molecule has 1 amide bonds. The molecule has 8 heteroatoms. The highest BCUT2D eigenvalue weighted by Crippen LogP contribution is 2.30. The van der Waals surface area contributed by atoms with Gasteiger partial charge in [-0.05, 0) is 18.6 Å². The Morgan fingerprint density at radius 2 is 2.14 bits per heavy atom. The van der Waals surface area contributed by atoms with Crippen molar-refractivity contribution < 1.29 is 22.7 Å². The number of esters is 1. The van der Waals surface area contributed by atoms with Gasteiger partial charge in [-0.15, -0.1) is 0 Å². The molecule has 0 bridgehead atoms. The molecule has 1 aromatic rings. The van der Waals surface area contributed by atoms with Crippen LogP contribution in [0.25, 0.3) is 0 Å². The molecular formula is C14H18N2O5S. The fourth-order valence-electron chi connectivity index (χ4n) is 2.70. The lowest BCUT2D eigenvalue weighted by Gasteiger charge is -2.20. The van der Waals surface area contributed by atoms with E-state index in [1.807, 2.05) is 0 Å². The number of nitrogens with two attached hydrogens (primary N) is 1. The molecule has 1 aliphatic rings. The minimum atomic E-state index is -3.65. The van der Waals surface area contributed by atoms with Gasteiger partial charge >= 0.3 is 5.97 Å². The molecule has 1 atom stereocenters. The first-order chi connectivity index (χ1) is 10.2. The van der Waals surface area contributed by atoms with Gasteiger partial charge in [-0.25, -0.2) is 18.4 Å². The number of sulfonamides is 1. The third-order valence-electron chi connectivity index (χ3n) is 3.60. The first-order valence-electron chi connectivity index (χ1n) is 6.71. The summed E-state index contributed by atoms with van der Waals surface area (Å²) in [6.45, 7) is 1.96. The quantitative estimate of drug-likeness (QED) is 0.807. The van der Waals surface area contributed by atoms with Crippen LogP contribution in [0.5, 0.6) is 0 Å². The smallest absolute Gasteiger partial charge is 0.340 e. The van der Waals surface area contributed by atoms with Crippen molar-refractivity contribution in [2.45, 2.75) is 13.3 Å². The number of carbonyl (C=O) groups excluding carboxylic acids is 2. The van der Waals surface area contributed by atoms with Crippen LogP contribution >= 0.6 is 0 Å². The van der Waals surface area contributed by atoms with Gasteiger partial charge in [0, 0.05) is 18.9 Å². The number of methoxy groups -OCH3 is 1. The predicted molar refractivity (Wildman–Crippen MR) is 81.0 cm³/mol. The van der Waals surface area contributed by atoms with Crippen molar-refractivity contribution in [2.24, 2.45) is 11.1 Å². The van der Waals surface area contributed by atoms with Crippen LogP contribution in [0.4, 0.5) is 5.69 Å². The number of amides is 1. The van der Waals surface area contributed by atoms with E-state index in [9.17, 15) is 18.0 Å². The van der Waals surface area contributed by atoms with E-state index >= 15 is 0 Å². The molecule has 0 aromatic heterocycles. The van der Waals surface area contributed by atoms with Crippen LogP contribution in [0.3, 0.4) is 0 Å². The Kier molecular flexibility index (Phi) is 4.52. The van der Waals surface area contributed by atoms with Crippen molar-refractivity contribution in [3.05, 3.63) is 29.3 Å². The van der Waals surface area contributed by atoms with Crippen LogP contribution in [0, 0.1) is 12.8 Å². The Bertz CT molecular complexity index is 714. The number of ether oxygens (including phenoxy) is 1. The molecule has 0 aliphatic carbocycles. The Morgan fingerprint density at radius 1 is 1.45 bits per heavy atom. The minimum absolute atomic E-state index is 0.0883. The monoisotopic (exact) mass is 326 g/mol. The zero-order valence-corrected chi connectivity index (χ0v) is 13.2. The highest BCUT2D eigenvalue weighted by molar-refractivity contribution is 7.89. The summed E-state index contributed by atoms with van der Waals surface area (Å²) in [6, 6.07) is 5.13. The molecule has 120 valence electrons. The summed E-state index contributed by atoms with van der Waals surface area (Å²) in [5.74, 6) is -1.40. The largest absolute Gasteiger partial charge is 0.465 e. The number of primary sulfonamides is 1. The van der Waals surface area contributed by atoms with Gasteiger partial charge in [0.2, 0.25) is 15.9 Å². The highest BCUT2D eigenvalue weighted by Gasteiger charge is 2.35. The SMILES string of the molecule is COC(=O)c1c(C)cccc1N1CC(CS(N)(=O)=O)CC1=O. The first kappa shape index (κ1) is 16.4. The molecule has 0 spiro atoms. The van der Waals surface area contributed by atoms with E-state index in [1.165, 1.54) is 12.0 Å². The van der Waals surface area contributed by atoms with E-state index in [2.05, 4.69) is 0 Å². The minimum Gasteiger partial charge on any atom is -0.465 e. The fraction of sp³-hybridized carbons (Fsp3) is 0.429. The van der Waals surface area contributed by atoms with Gasteiger partial charge in [-0.1, -0.05) is 12.1 Å². The van der Waals surface area contributed by atoms with Crippen molar-refractivity contribution in [3.8, 4) is 0 Å². The molecule has 2 rings (SSSR count). The summed E-state index contributed by atoms with van der Waals surface area (Å²) in [7, 11) is -2.37.